The second-order valence-corrected chi connectivity index (χ2v) is 11.0. The van der Waals surface area contributed by atoms with Gasteiger partial charge in [0.2, 0.25) is 15.9 Å². The minimum Gasteiger partial charge on any atom is -0.497 e. The molecule has 1 amide bonds. The predicted octanol–water partition coefficient (Wildman–Crippen LogP) is 1.13. The summed E-state index contributed by atoms with van der Waals surface area (Å²) in [6.07, 6.45) is 1.98. The molecule has 0 spiro atoms. The molecule has 12 heteroatoms. The monoisotopic (exact) mass is 509 g/mol. The summed E-state index contributed by atoms with van der Waals surface area (Å²) in [7, 11) is -0.829. The van der Waals surface area contributed by atoms with Crippen molar-refractivity contribution >= 4 is 15.9 Å². The molecule has 35 heavy (non-hydrogen) atoms. The second kappa shape index (κ2) is 11.9. The zero-order valence-corrected chi connectivity index (χ0v) is 21.5. The summed E-state index contributed by atoms with van der Waals surface area (Å²) in [5.74, 6) is 0.152. The van der Waals surface area contributed by atoms with Crippen molar-refractivity contribution < 1.29 is 27.8 Å². The van der Waals surface area contributed by atoms with Crippen LogP contribution in [0.3, 0.4) is 0 Å². The van der Waals surface area contributed by atoms with Gasteiger partial charge in [-0.1, -0.05) is 18.2 Å². The number of aromatic nitrogens is 3. The summed E-state index contributed by atoms with van der Waals surface area (Å²) in [4.78, 5) is 14.7. The fraction of sp³-hybridized carbons (Fsp3) is 0.609. The molecule has 0 fully saturated rings. The molecule has 3 atom stereocenters. The summed E-state index contributed by atoms with van der Waals surface area (Å²) < 4.78 is 40.9. The van der Waals surface area contributed by atoms with E-state index in [0.717, 1.165) is 5.69 Å². The van der Waals surface area contributed by atoms with E-state index in [0.29, 0.717) is 31.7 Å². The fourth-order valence-electron chi connectivity index (χ4n) is 4.04. The van der Waals surface area contributed by atoms with Crippen molar-refractivity contribution in [1.82, 2.24) is 24.2 Å². The smallest absolute Gasteiger partial charge is 0.243 e. The van der Waals surface area contributed by atoms with E-state index >= 15 is 0 Å². The molecule has 2 heterocycles. The first kappa shape index (κ1) is 27.1. The predicted molar refractivity (Wildman–Crippen MR) is 128 cm³/mol. The molecule has 1 aliphatic heterocycles. The summed E-state index contributed by atoms with van der Waals surface area (Å²) >= 11 is 0. The van der Waals surface area contributed by atoms with Crippen LogP contribution in [0.5, 0.6) is 5.75 Å². The number of methoxy groups -OCH3 is 1. The van der Waals surface area contributed by atoms with Gasteiger partial charge in [-0.15, -0.1) is 5.10 Å². The molecular weight excluding hydrogens is 474 g/mol. The number of ether oxygens (including phenoxy) is 2. The van der Waals surface area contributed by atoms with E-state index in [1.54, 1.807) is 34.8 Å². The highest BCUT2D eigenvalue weighted by Gasteiger charge is 2.31. The number of carbonyl (C=O) groups excluding carboxylic acids is 1. The number of hydrogen-bond acceptors (Lipinski definition) is 8. The van der Waals surface area contributed by atoms with E-state index in [-0.39, 0.29) is 42.5 Å². The van der Waals surface area contributed by atoms with Crippen LogP contribution in [0.2, 0.25) is 0 Å². The molecule has 1 aromatic heterocycles. The molecular formula is C23H35N5O6S. The average molecular weight is 510 g/mol. The van der Waals surface area contributed by atoms with Crippen LogP contribution in [0.25, 0.3) is 0 Å². The van der Waals surface area contributed by atoms with Gasteiger partial charge in [-0.25, -0.2) is 13.1 Å². The lowest BCUT2D eigenvalue weighted by Crippen LogP contribution is -2.47. The SMILES string of the molecule is COc1cccc(S(=O)(=O)N(C)C[C@H]2OCc3cnnn3CCCC(=O)N([C@@H](C)CO)C[C@@H]2C)c1. The van der Waals surface area contributed by atoms with Crippen molar-refractivity contribution in [2.24, 2.45) is 5.92 Å². The third-order valence-corrected chi connectivity index (χ3v) is 8.15. The maximum atomic E-state index is 13.3. The van der Waals surface area contributed by atoms with E-state index in [1.807, 2.05) is 6.92 Å². The van der Waals surface area contributed by atoms with Gasteiger partial charge < -0.3 is 19.5 Å². The summed E-state index contributed by atoms with van der Waals surface area (Å²) in [5.41, 5.74) is 0.758. The molecule has 0 bridgehead atoms. The molecule has 194 valence electrons. The summed E-state index contributed by atoms with van der Waals surface area (Å²) in [6, 6.07) is 5.94. The number of amides is 1. The quantitative estimate of drug-likeness (QED) is 0.589. The highest BCUT2D eigenvalue weighted by Crippen LogP contribution is 2.23. The summed E-state index contributed by atoms with van der Waals surface area (Å²) in [6.45, 7) is 4.66. The van der Waals surface area contributed by atoms with Crippen molar-refractivity contribution in [2.45, 2.75) is 56.9 Å². The molecule has 0 radical (unpaired) electrons. The Morgan fingerprint density at radius 3 is 2.86 bits per heavy atom. The van der Waals surface area contributed by atoms with E-state index in [2.05, 4.69) is 10.3 Å². The van der Waals surface area contributed by atoms with Crippen LogP contribution in [0.1, 0.15) is 32.4 Å². The van der Waals surface area contributed by atoms with Crippen LogP contribution in [0, 0.1) is 5.92 Å². The van der Waals surface area contributed by atoms with Crippen molar-refractivity contribution in [3.05, 3.63) is 36.2 Å². The molecule has 0 aliphatic carbocycles. The molecule has 0 saturated heterocycles. The van der Waals surface area contributed by atoms with Crippen LogP contribution >= 0.6 is 0 Å². The fourth-order valence-corrected chi connectivity index (χ4v) is 5.26. The normalized spacial score (nSPS) is 21.2. The minimum absolute atomic E-state index is 0.0673. The van der Waals surface area contributed by atoms with Crippen molar-refractivity contribution in [2.75, 3.05) is 33.9 Å². The van der Waals surface area contributed by atoms with Crippen LogP contribution in [0.15, 0.2) is 35.4 Å². The van der Waals surface area contributed by atoms with E-state index in [9.17, 15) is 18.3 Å². The first-order valence-corrected chi connectivity index (χ1v) is 13.1. The van der Waals surface area contributed by atoms with Crippen LogP contribution in [-0.2, 0) is 32.7 Å². The summed E-state index contributed by atoms with van der Waals surface area (Å²) in [5, 5.41) is 17.8. The van der Waals surface area contributed by atoms with Crippen LogP contribution < -0.4 is 4.74 Å². The maximum absolute atomic E-state index is 13.3. The number of hydrogen-bond donors (Lipinski definition) is 1. The molecule has 1 N–H and O–H groups in total. The Labute approximate surface area is 206 Å². The Bertz CT molecular complexity index is 1090. The molecule has 1 aliphatic rings. The number of carbonyl (C=O) groups is 1. The Kier molecular flexibility index (Phi) is 9.22. The largest absolute Gasteiger partial charge is 0.497 e. The van der Waals surface area contributed by atoms with Crippen molar-refractivity contribution in [3.8, 4) is 5.75 Å². The molecule has 0 unspecified atom stereocenters. The number of aliphatic hydroxyl groups is 1. The number of nitrogens with zero attached hydrogens (tertiary/aromatic N) is 5. The number of sulfonamides is 1. The lowest BCUT2D eigenvalue weighted by atomic mass is 10.0. The zero-order valence-electron chi connectivity index (χ0n) is 20.7. The second-order valence-electron chi connectivity index (χ2n) is 8.92. The van der Waals surface area contributed by atoms with E-state index < -0.39 is 16.1 Å². The Morgan fingerprint density at radius 1 is 1.37 bits per heavy atom. The van der Waals surface area contributed by atoms with Crippen LogP contribution in [0.4, 0.5) is 0 Å². The number of aryl methyl sites for hydroxylation is 1. The van der Waals surface area contributed by atoms with Crippen LogP contribution in [-0.4, -0.2) is 89.6 Å². The Balaban J connectivity index is 1.87. The van der Waals surface area contributed by atoms with Gasteiger partial charge >= 0.3 is 0 Å². The Hall–Kier alpha value is -2.54. The third kappa shape index (κ3) is 6.57. The highest BCUT2D eigenvalue weighted by atomic mass is 32.2. The van der Waals surface area contributed by atoms with Gasteiger partial charge in [0.1, 0.15) is 5.75 Å². The molecule has 11 nitrogen and oxygen atoms in total. The Morgan fingerprint density at radius 2 is 2.14 bits per heavy atom. The van der Waals surface area contributed by atoms with Gasteiger partial charge in [-0.2, -0.15) is 4.31 Å². The molecule has 1 aromatic carbocycles. The zero-order chi connectivity index (χ0) is 25.6. The molecule has 2 aromatic rings. The van der Waals surface area contributed by atoms with Crippen molar-refractivity contribution in [1.29, 1.82) is 0 Å². The van der Waals surface area contributed by atoms with Gasteiger partial charge in [0.25, 0.3) is 0 Å². The number of rotatable bonds is 7. The minimum atomic E-state index is -3.82. The standard InChI is InChI=1S/C23H35N5O6S/c1-17-13-27(18(2)15-29)23(30)9-6-10-28-19(12-24-25-28)16-34-22(17)14-26(3)35(31,32)21-8-5-7-20(11-21)33-4/h5,7-8,11-12,17-18,22,29H,6,9-10,13-16H2,1-4H3/t17-,18-,22+/m0/s1. The van der Waals surface area contributed by atoms with Gasteiger partial charge in [0.15, 0.2) is 0 Å². The van der Waals surface area contributed by atoms with Gasteiger partial charge in [0, 0.05) is 45.1 Å². The van der Waals surface area contributed by atoms with E-state index in [1.165, 1.54) is 30.6 Å². The number of likely N-dealkylation sites (N-methyl/N-ethyl adjacent to an activating group) is 1. The lowest BCUT2D eigenvalue weighted by molar-refractivity contribution is -0.136. The topological polar surface area (TPSA) is 127 Å². The first-order valence-electron chi connectivity index (χ1n) is 11.7. The lowest BCUT2D eigenvalue weighted by Gasteiger charge is -2.35. The molecule has 0 saturated carbocycles. The number of benzene rings is 1. The van der Waals surface area contributed by atoms with E-state index in [4.69, 9.17) is 9.47 Å². The third-order valence-electron chi connectivity index (χ3n) is 6.33. The van der Waals surface area contributed by atoms with Gasteiger partial charge in [-0.05, 0) is 25.5 Å². The van der Waals surface area contributed by atoms with Gasteiger partial charge in [0.05, 0.1) is 49.3 Å². The maximum Gasteiger partial charge on any atom is 0.243 e. The number of fused-ring (bicyclic) bond motifs is 1. The first-order chi connectivity index (χ1) is 16.7. The average Bonchev–Trinajstić information content (AvgIpc) is 3.30. The molecule has 3 rings (SSSR count). The number of aliphatic hydroxyl groups excluding tert-OH is 1. The highest BCUT2D eigenvalue weighted by molar-refractivity contribution is 7.89. The van der Waals surface area contributed by atoms with Gasteiger partial charge in [-0.3, -0.25) is 4.79 Å². The van der Waals surface area contributed by atoms with Crippen molar-refractivity contribution in [3.63, 3.8) is 0 Å².